The van der Waals surface area contributed by atoms with Gasteiger partial charge in [0, 0.05) is 31.3 Å². The van der Waals surface area contributed by atoms with Crippen LogP contribution < -0.4 is 10.1 Å². The largest absolute Gasteiger partial charge is 0.495 e. The second-order valence-electron chi connectivity index (χ2n) is 8.92. The molecule has 0 unspecified atom stereocenters. The zero-order chi connectivity index (χ0) is 24.5. The predicted octanol–water partition coefficient (Wildman–Crippen LogP) is 3.80. The van der Waals surface area contributed by atoms with E-state index in [0.717, 1.165) is 11.1 Å². The highest BCUT2D eigenvalue weighted by molar-refractivity contribution is 7.91. The number of aromatic nitrogens is 3. The highest BCUT2D eigenvalue weighted by atomic mass is 32.2. The minimum Gasteiger partial charge on any atom is -0.495 e. The lowest BCUT2D eigenvalue weighted by Gasteiger charge is -2.21. The monoisotopic (exact) mass is 478 g/mol. The highest BCUT2D eigenvalue weighted by Crippen LogP contribution is 2.34. The minimum absolute atomic E-state index is 0.130. The fourth-order valence-corrected chi connectivity index (χ4v) is 4.93. The fraction of sp³-hybridized carbons (Fsp3) is 0.240. The molecule has 0 radical (unpaired) electrons. The molecular weight excluding hydrogens is 452 g/mol. The van der Waals surface area contributed by atoms with Gasteiger partial charge in [0.05, 0.1) is 17.6 Å². The molecule has 0 bridgehead atoms. The quantitative estimate of drug-likeness (QED) is 0.452. The van der Waals surface area contributed by atoms with Crippen LogP contribution in [0.1, 0.15) is 42.3 Å². The van der Waals surface area contributed by atoms with Crippen molar-refractivity contribution in [2.45, 2.75) is 42.5 Å². The smallest absolute Gasteiger partial charge is 0.254 e. The Balaban J connectivity index is 1.52. The molecule has 4 rings (SSSR count). The van der Waals surface area contributed by atoms with Crippen molar-refractivity contribution >= 4 is 21.5 Å². The summed E-state index contributed by atoms with van der Waals surface area (Å²) < 4.78 is 33.8. The number of fused-ring (bicyclic) bond motifs is 1. The van der Waals surface area contributed by atoms with Crippen molar-refractivity contribution in [3.8, 4) is 5.75 Å². The van der Waals surface area contributed by atoms with Crippen LogP contribution >= 0.6 is 0 Å². The van der Waals surface area contributed by atoms with E-state index in [4.69, 9.17) is 4.74 Å². The predicted molar refractivity (Wildman–Crippen MR) is 128 cm³/mol. The van der Waals surface area contributed by atoms with E-state index in [1.165, 1.54) is 13.3 Å². The van der Waals surface area contributed by atoms with Crippen LogP contribution in [0.4, 0.5) is 0 Å². The third-order valence-electron chi connectivity index (χ3n) is 5.51. The van der Waals surface area contributed by atoms with Crippen molar-refractivity contribution in [3.05, 3.63) is 83.9 Å². The van der Waals surface area contributed by atoms with Crippen LogP contribution in [0.15, 0.2) is 77.0 Å². The van der Waals surface area contributed by atoms with Gasteiger partial charge in [-0.15, -0.1) is 0 Å². The Morgan fingerprint density at radius 1 is 1.09 bits per heavy atom. The van der Waals surface area contributed by atoms with Crippen LogP contribution in [0.5, 0.6) is 5.75 Å². The van der Waals surface area contributed by atoms with Crippen molar-refractivity contribution in [2.24, 2.45) is 0 Å². The van der Waals surface area contributed by atoms with Crippen LogP contribution in [0.25, 0.3) is 5.78 Å². The molecule has 4 aromatic rings. The molecule has 0 saturated heterocycles. The average molecular weight is 479 g/mol. The van der Waals surface area contributed by atoms with Gasteiger partial charge in [0.25, 0.3) is 5.91 Å². The molecule has 0 aliphatic rings. The van der Waals surface area contributed by atoms with E-state index in [0.29, 0.717) is 17.1 Å². The standard InChI is InChI=1S/C25H26N4O4S/c1-25(2,3)19-7-10-21(33-4)22(13-19)34(31,32)20-8-5-17(6-9-20)14-27-23(30)18-15-28-24-26-11-12-29(24)16-18/h5-13,15-16H,14H2,1-4H3,(H,27,30). The van der Waals surface area contributed by atoms with Crippen LogP contribution in [0, 0.1) is 0 Å². The number of rotatable bonds is 6. The van der Waals surface area contributed by atoms with E-state index in [2.05, 4.69) is 15.3 Å². The van der Waals surface area contributed by atoms with Crippen LogP contribution in [0.2, 0.25) is 0 Å². The highest BCUT2D eigenvalue weighted by Gasteiger charge is 2.25. The first kappa shape index (κ1) is 23.4. The molecule has 2 heterocycles. The molecule has 0 aliphatic heterocycles. The lowest BCUT2D eigenvalue weighted by atomic mass is 9.87. The summed E-state index contributed by atoms with van der Waals surface area (Å²) in [7, 11) is -2.34. The maximum Gasteiger partial charge on any atom is 0.254 e. The third kappa shape index (κ3) is 4.65. The van der Waals surface area contributed by atoms with Gasteiger partial charge in [0.15, 0.2) is 0 Å². The molecule has 1 amide bonds. The molecule has 1 N–H and O–H groups in total. The van der Waals surface area contributed by atoms with E-state index in [9.17, 15) is 13.2 Å². The second kappa shape index (κ2) is 8.90. The van der Waals surface area contributed by atoms with Gasteiger partial charge in [-0.3, -0.25) is 9.20 Å². The molecule has 0 fully saturated rings. The summed E-state index contributed by atoms with van der Waals surface area (Å²) in [5.74, 6) is 0.523. The first-order valence-electron chi connectivity index (χ1n) is 10.7. The number of ether oxygens (including phenoxy) is 1. The van der Waals surface area contributed by atoms with Crippen molar-refractivity contribution in [1.82, 2.24) is 19.7 Å². The van der Waals surface area contributed by atoms with Gasteiger partial charge in [-0.25, -0.2) is 18.4 Å². The Labute approximate surface area is 198 Å². The van der Waals surface area contributed by atoms with Crippen LogP contribution in [-0.2, 0) is 21.8 Å². The third-order valence-corrected chi connectivity index (χ3v) is 7.30. The van der Waals surface area contributed by atoms with E-state index < -0.39 is 9.84 Å². The number of hydrogen-bond donors (Lipinski definition) is 1. The van der Waals surface area contributed by atoms with Gasteiger partial charge in [-0.1, -0.05) is 39.0 Å². The molecule has 176 valence electrons. The van der Waals surface area contributed by atoms with Gasteiger partial charge >= 0.3 is 0 Å². The molecule has 9 heteroatoms. The number of imidazole rings is 1. The van der Waals surface area contributed by atoms with Gasteiger partial charge in [0.1, 0.15) is 10.6 Å². The maximum absolute atomic E-state index is 13.4. The summed E-state index contributed by atoms with van der Waals surface area (Å²) in [6, 6.07) is 11.7. The summed E-state index contributed by atoms with van der Waals surface area (Å²) in [6.45, 7) is 6.32. The van der Waals surface area contributed by atoms with Crippen LogP contribution in [0.3, 0.4) is 0 Å². The lowest BCUT2D eigenvalue weighted by molar-refractivity contribution is 0.0950. The van der Waals surface area contributed by atoms with Gasteiger partial charge in [0.2, 0.25) is 15.6 Å². The fourth-order valence-electron chi connectivity index (χ4n) is 3.48. The average Bonchev–Trinajstić information content (AvgIpc) is 3.29. The lowest BCUT2D eigenvalue weighted by Crippen LogP contribution is -2.23. The molecule has 0 aliphatic carbocycles. The summed E-state index contributed by atoms with van der Waals surface area (Å²) >= 11 is 0. The summed E-state index contributed by atoms with van der Waals surface area (Å²) in [6.07, 6.45) is 6.44. The van der Waals surface area contributed by atoms with E-state index in [-0.39, 0.29) is 27.7 Å². The Bertz CT molecular complexity index is 1450. The normalized spacial score (nSPS) is 12.0. The molecule has 2 aromatic heterocycles. The van der Waals surface area contributed by atoms with Crippen LogP contribution in [-0.4, -0.2) is 35.8 Å². The molecule has 0 saturated carbocycles. The molecule has 34 heavy (non-hydrogen) atoms. The second-order valence-corrected chi connectivity index (χ2v) is 10.8. The molecular formula is C25H26N4O4S. The Morgan fingerprint density at radius 2 is 1.82 bits per heavy atom. The van der Waals surface area contributed by atoms with Crippen molar-refractivity contribution in [3.63, 3.8) is 0 Å². The number of carbonyl (C=O) groups excluding carboxylic acids is 1. The van der Waals surface area contributed by atoms with Gasteiger partial charge in [-0.2, -0.15) is 0 Å². The first-order valence-corrected chi connectivity index (χ1v) is 12.2. The summed E-state index contributed by atoms with van der Waals surface area (Å²) in [4.78, 5) is 21.0. The molecule has 0 atom stereocenters. The molecule has 8 nitrogen and oxygen atoms in total. The topological polar surface area (TPSA) is 103 Å². The van der Waals surface area contributed by atoms with Crippen molar-refractivity contribution in [1.29, 1.82) is 0 Å². The number of nitrogens with one attached hydrogen (secondary N) is 1. The number of benzene rings is 2. The Kier molecular flexibility index (Phi) is 6.14. The number of carbonyl (C=O) groups is 1. The first-order chi connectivity index (χ1) is 16.1. The van der Waals surface area contributed by atoms with E-state index in [1.807, 2.05) is 26.8 Å². The summed E-state index contributed by atoms with van der Waals surface area (Å²) in [5, 5.41) is 2.82. The number of methoxy groups -OCH3 is 1. The zero-order valence-corrected chi connectivity index (χ0v) is 20.3. The Hall–Kier alpha value is -3.72. The van der Waals surface area contributed by atoms with Crippen molar-refractivity contribution in [2.75, 3.05) is 7.11 Å². The number of nitrogens with zero attached hydrogens (tertiary/aromatic N) is 3. The molecule has 0 spiro atoms. The maximum atomic E-state index is 13.4. The molecule has 2 aromatic carbocycles. The number of sulfone groups is 1. The van der Waals surface area contributed by atoms with Gasteiger partial charge < -0.3 is 10.1 Å². The van der Waals surface area contributed by atoms with Crippen molar-refractivity contribution < 1.29 is 17.9 Å². The minimum atomic E-state index is -3.80. The zero-order valence-electron chi connectivity index (χ0n) is 19.4. The SMILES string of the molecule is COc1ccc(C(C)(C)C)cc1S(=O)(=O)c1ccc(CNC(=O)c2cnc3nccn3c2)cc1. The number of hydrogen-bond acceptors (Lipinski definition) is 6. The number of amides is 1. The van der Waals surface area contributed by atoms with E-state index in [1.54, 1.807) is 59.4 Å². The van der Waals surface area contributed by atoms with E-state index >= 15 is 0 Å². The van der Waals surface area contributed by atoms with Gasteiger partial charge in [-0.05, 0) is 40.8 Å². The Morgan fingerprint density at radius 3 is 2.50 bits per heavy atom. The summed E-state index contributed by atoms with van der Waals surface area (Å²) in [5.41, 5.74) is 1.85.